The van der Waals surface area contributed by atoms with Gasteiger partial charge >= 0.3 is 0 Å². The minimum absolute atomic E-state index is 0.276. The highest BCUT2D eigenvalue weighted by Crippen LogP contribution is 2.50. The van der Waals surface area contributed by atoms with E-state index in [1.165, 1.54) is 11.1 Å². The quantitative estimate of drug-likeness (QED) is 0.649. The normalized spacial score (nSPS) is 29.2. The summed E-state index contributed by atoms with van der Waals surface area (Å²) in [5.74, 6) is 0.276. The highest BCUT2D eigenvalue weighted by atomic mass is 32.2. The first-order chi connectivity index (χ1) is 11.2. The Hall–Kier alpha value is -1.65. The van der Waals surface area contributed by atoms with E-state index in [1.54, 1.807) is 12.2 Å². The van der Waals surface area contributed by atoms with Gasteiger partial charge in [-0.2, -0.15) is 8.42 Å². The van der Waals surface area contributed by atoms with E-state index in [2.05, 4.69) is 18.7 Å². The average molecular weight is 344 g/mol. The number of hydrogen-bond donors (Lipinski definition) is 1. The van der Waals surface area contributed by atoms with E-state index < -0.39 is 20.8 Å². The number of rotatable bonds is 4. The Labute approximate surface area is 144 Å². The molecule has 4 heteroatoms. The van der Waals surface area contributed by atoms with E-state index in [9.17, 15) is 13.0 Å². The van der Waals surface area contributed by atoms with Gasteiger partial charge in [-0.1, -0.05) is 60.2 Å². The molecule has 0 aliphatic heterocycles. The van der Waals surface area contributed by atoms with Crippen LogP contribution in [0.5, 0.6) is 0 Å². The molecule has 1 N–H and O–H groups in total. The van der Waals surface area contributed by atoms with Crippen LogP contribution in [0, 0.1) is 5.41 Å². The molecule has 0 amide bonds. The molecule has 0 saturated heterocycles. The van der Waals surface area contributed by atoms with Crippen molar-refractivity contribution in [3.63, 3.8) is 0 Å². The highest BCUT2D eigenvalue weighted by molar-refractivity contribution is 7.86. The van der Waals surface area contributed by atoms with Gasteiger partial charge in [-0.15, -0.1) is 0 Å². The van der Waals surface area contributed by atoms with E-state index in [1.807, 2.05) is 32.1 Å². The van der Waals surface area contributed by atoms with Gasteiger partial charge in [0.2, 0.25) is 0 Å². The van der Waals surface area contributed by atoms with Gasteiger partial charge in [0.15, 0.2) is 0 Å². The molecule has 0 heterocycles. The van der Waals surface area contributed by atoms with Crippen molar-refractivity contribution in [2.24, 2.45) is 5.41 Å². The second-order valence-electron chi connectivity index (χ2n) is 7.14. The molecule has 2 aliphatic carbocycles. The Balaban J connectivity index is 2.06. The number of allylic oxidation sites excluding steroid dienone is 4. The van der Waals surface area contributed by atoms with Crippen LogP contribution in [0.15, 0.2) is 60.2 Å². The SMILES string of the molecule is C=C(C)C1(CC2CCc3ccccc32)C=C(C)C=CC1S(=O)(=O)O. The van der Waals surface area contributed by atoms with Crippen molar-refractivity contribution in [2.45, 2.75) is 44.3 Å². The zero-order valence-electron chi connectivity index (χ0n) is 14.2. The predicted octanol–water partition coefficient (Wildman–Crippen LogP) is 4.44. The van der Waals surface area contributed by atoms with Crippen LogP contribution in [0.4, 0.5) is 0 Å². The first kappa shape index (κ1) is 17.2. The molecule has 2 aliphatic rings. The van der Waals surface area contributed by atoms with Gasteiger partial charge in [-0.3, -0.25) is 4.55 Å². The fraction of sp³-hybridized carbons (Fsp3) is 0.400. The van der Waals surface area contributed by atoms with E-state index in [-0.39, 0.29) is 5.92 Å². The summed E-state index contributed by atoms with van der Waals surface area (Å²) in [6, 6.07) is 8.36. The van der Waals surface area contributed by atoms with Crippen LogP contribution in [-0.4, -0.2) is 18.2 Å². The topological polar surface area (TPSA) is 54.4 Å². The Kier molecular flexibility index (Phi) is 4.30. The minimum Gasteiger partial charge on any atom is -0.285 e. The van der Waals surface area contributed by atoms with Crippen molar-refractivity contribution in [1.82, 2.24) is 0 Å². The zero-order chi connectivity index (χ0) is 17.5. The first-order valence-corrected chi connectivity index (χ1v) is 9.82. The molecule has 3 atom stereocenters. The van der Waals surface area contributed by atoms with Gasteiger partial charge < -0.3 is 0 Å². The Morgan fingerprint density at radius 2 is 2.08 bits per heavy atom. The lowest BCUT2D eigenvalue weighted by molar-refractivity contribution is 0.356. The largest absolute Gasteiger partial charge is 0.285 e. The van der Waals surface area contributed by atoms with Crippen LogP contribution in [0.3, 0.4) is 0 Å². The standard InChI is InChI=1S/C20H24O3S/c1-14(2)20(12-15(3)8-11-19(20)24(21,22)23)13-17-10-9-16-6-4-5-7-18(16)17/h4-8,11-12,17,19H,1,9-10,13H2,2-3H3,(H,21,22,23). The maximum Gasteiger partial charge on any atom is 0.272 e. The van der Waals surface area contributed by atoms with Crippen LogP contribution >= 0.6 is 0 Å². The number of fused-ring (bicyclic) bond motifs is 1. The van der Waals surface area contributed by atoms with Crippen molar-refractivity contribution in [3.05, 3.63) is 71.3 Å². The first-order valence-electron chi connectivity index (χ1n) is 8.32. The summed E-state index contributed by atoms with van der Waals surface area (Å²) < 4.78 is 34.0. The monoisotopic (exact) mass is 344 g/mol. The second-order valence-corrected chi connectivity index (χ2v) is 8.68. The summed E-state index contributed by atoms with van der Waals surface area (Å²) in [6.45, 7) is 7.91. The van der Waals surface area contributed by atoms with Crippen LogP contribution in [0.2, 0.25) is 0 Å². The van der Waals surface area contributed by atoms with Crippen molar-refractivity contribution in [3.8, 4) is 0 Å². The van der Waals surface area contributed by atoms with Crippen LogP contribution in [0.1, 0.15) is 43.7 Å². The number of hydrogen-bond acceptors (Lipinski definition) is 2. The molecule has 0 aromatic heterocycles. The Morgan fingerprint density at radius 1 is 1.38 bits per heavy atom. The smallest absolute Gasteiger partial charge is 0.272 e. The fourth-order valence-corrected chi connectivity index (χ4v) is 5.47. The Bertz CT molecular complexity index is 832. The van der Waals surface area contributed by atoms with Crippen LogP contribution in [0.25, 0.3) is 0 Å². The summed E-state index contributed by atoms with van der Waals surface area (Å²) in [5, 5.41) is -0.973. The highest BCUT2D eigenvalue weighted by Gasteiger charge is 2.47. The summed E-state index contributed by atoms with van der Waals surface area (Å²) in [7, 11) is -4.21. The predicted molar refractivity (Wildman–Crippen MR) is 97.6 cm³/mol. The van der Waals surface area contributed by atoms with Crippen LogP contribution in [-0.2, 0) is 16.5 Å². The molecule has 24 heavy (non-hydrogen) atoms. The molecule has 1 aromatic rings. The third-order valence-corrected chi connectivity index (χ3v) is 6.70. The van der Waals surface area contributed by atoms with E-state index in [0.29, 0.717) is 6.42 Å². The zero-order valence-corrected chi connectivity index (χ0v) is 15.0. The second kappa shape index (κ2) is 6.01. The van der Waals surface area contributed by atoms with Gasteiger partial charge in [0, 0.05) is 5.41 Å². The lowest BCUT2D eigenvalue weighted by Gasteiger charge is -2.40. The molecule has 0 spiro atoms. The molecule has 3 nitrogen and oxygen atoms in total. The van der Waals surface area contributed by atoms with Crippen molar-refractivity contribution >= 4 is 10.1 Å². The van der Waals surface area contributed by atoms with Gasteiger partial charge in [0.1, 0.15) is 5.25 Å². The molecule has 3 unspecified atom stereocenters. The minimum atomic E-state index is -4.21. The maximum atomic E-state index is 12.1. The molecular weight excluding hydrogens is 320 g/mol. The molecule has 1 aromatic carbocycles. The van der Waals surface area contributed by atoms with E-state index in [4.69, 9.17) is 0 Å². The summed E-state index contributed by atoms with van der Waals surface area (Å²) in [6.07, 6.45) is 8.02. The summed E-state index contributed by atoms with van der Waals surface area (Å²) in [5.41, 5.74) is 3.65. The maximum absolute atomic E-state index is 12.1. The third-order valence-electron chi connectivity index (χ3n) is 5.48. The molecular formula is C20H24O3S. The summed E-state index contributed by atoms with van der Waals surface area (Å²) >= 11 is 0. The lowest BCUT2D eigenvalue weighted by Crippen LogP contribution is -2.41. The van der Waals surface area contributed by atoms with E-state index >= 15 is 0 Å². The number of aryl methyl sites for hydroxylation is 1. The van der Waals surface area contributed by atoms with Gasteiger partial charge in [-0.25, -0.2) is 0 Å². The average Bonchev–Trinajstić information content (AvgIpc) is 2.89. The molecule has 3 rings (SSSR count). The fourth-order valence-electron chi connectivity index (χ4n) is 4.29. The van der Waals surface area contributed by atoms with Crippen molar-refractivity contribution in [1.29, 1.82) is 0 Å². The van der Waals surface area contributed by atoms with Gasteiger partial charge in [0.05, 0.1) is 0 Å². The summed E-state index contributed by atoms with van der Waals surface area (Å²) in [4.78, 5) is 0. The van der Waals surface area contributed by atoms with Crippen molar-refractivity contribution in [2.75, 3.05) is 0 Å². The van der Waals surface area contributed by atoms with Crippen LogP contribution < -0.4 is 0 Å². The molecule has 0 fully saturated rings. The molecule has 0 bridgehead atoms. The van der Waals surface area contributed by atoms with E-state index in [0.717, 1.165) is 24.0 Å². The lowest BCUT2D eigenvalue weighted by atomic mass is 9.68. The van der Waals surface area contributed by atoms with Crippen molar-refractivity contribution < 1.29 is 13.0 Å². The Morgan fingerprint density at radius 3 is 2.75 bits per heavy atom. The number of benzene rings is 1. The van der Waals surface area contributed by atoms with Gasteiger partial charge in [0.25, 0.3) is 10.1 Å². The molecule has 0 radical (unpaired) electrons. The molecule has 0 saturated carbocycles. The molecule has 128 valence electrons. The third kappa shape index (κ3) is 2.89. The van der Waals surface area contributed by atoms with Gasteiger partial charge in [-0.05, 0) is 50.2 Å².